The van der Waals surface area contributed by atoms with Crippen LogP contribution < -0.4 is 10.1 Å². The fourth-order valence-electron chi connectivity index (χ4n) is 1.79. The van der Waals surface area contributed by atoms with Gasteiger partial charge in [0.15, 0.2) is 0 Å². The predicted octanol–water partition coefficient (Wildman–Crippen LogP) is 2.51. The van der Waals surface area contributed by atoms with Gasteiger partial charge in [0.25, 0.3) is 0 Å². The van der Waals surface area contributed by atoms with Crippen LogP contribution in [-0.2, 0) is 16.0 Å². The third-order valence-electron chi connectivity index (χ3n) is 2.90. The van der Waals surface area contributed by atoms with Gasteiger partial charge < -0.3 is 15.2 Å². The Morgan fingerprint density at radius 2 is 2.09 bits per heavy atom. The number of carboxylic acid groups (broad SMARTS) is 1. The summed E-state index contributed by atoms with van der Waals surface area (Å²) in [4.78, 5) is 22.4. The van der Waals surface area contributed by atoms with Crippen molar-refractivity contribution in [2.45, 2.75) is 31.7 Å². The number of hydrogen-bond acceptors (Lipinski definition) is 3. The van der Waals surface area contributed by atoms with Gasteiger partial charge in [-0.1, -0.05) is 17.7 Å². The molecule has 0 radical (unpaired) electrons. The Kier molecular flexibility index (Phi) is 7.04. The molecular formula is C14H16ClF2NO4. The summed E-state index contributed by atoms with van der Waals surface area (Å²) in [5.41, 5.74) is 0.752. The number of hydrogen-bond donors (Lipinski definition) is 2. The second kappa shape index (κ2) is 8.53. The predicted molar refractivity (Wildman–Crippen MR) is 76.5 cm³/mol. The fourth-order valence-corrected chi connectivity index (χ4v) is 2.07. The minimum absolute atomic E-state index is 0.0321. The Labute approximate surface area is 131 Å². The van der Waals surface area contributed by atoms with Gasteiger partial charge in [-0.05, 0) is 24.1 Å². The van der Waals surface area contributed by atoms with Gasteiger partial charge in [-0.15, -0.1) is 0 Å². The molecule has 1 unspecified atom stereocenters. The first-order chi connectivity index (χ1) is 10.3. The van der Waals surface area contributed by atoms with Crippen molar-refractivity contribution in [1.29, 1.82) is 0 Å². The molecule has 0 aliphatic rings. The number of nitrogens with one attached hydrogen (secondary N) is 1. The van der Waals surface area contributed by atoms with Gasteiger partial charge in [-0.25, -0.2) is 13.6 Å². The molecule has 122 valence electrons. The van der Waals surface area contributed by atoms with E-state index in [1.165, 1.54) is 7.11 Å². The summed E-state index contributed by atoms with van der Waals surface area (Å²) >= 11 is 5.94. The van der Waals surface area contributed by atoms with E-state index in [9.17, 15) is 18.4 Å². The molecule has 0 heterocycles. The number of carbonyl (C=O) groups excluding carboxylic acids is 1. The van der Waals surface area contributed by atoms with Crippen LogP contribution >= 0.6 is 11.6 Å². The molecule has 0 aromatic heterocycles. The van der Waals surface area contributed by atoms with Gasteiger partial charge in [-0.2, -0.15) is 0 Å². The lowest BCUT2D eigenvalue weighted by Gasteiger charge is -2.14. The molecule has 0 fully saturated rings. The Morgan fingerprint density at radius 1 is 1.41 bits per heavy atom. The highest BCUT2D eigenvalue weighted by molar-refractivity contribution is 6.32. The van der Waals surface area contributed by atoms with Crippen LogP contribution in [0.1, 0.15) is 18.4 Å². The molecular weight excluding hydrogens is 320 g/mol. The van der Waals surface area contributed by atoms with Crippen LogP contribution in [0.25, 0.3) is 0 Å². The van der Waals surface area contributed by atoms with Gasteiger partial charge in [0.1, 0.15) is 11.8 Å². The first-order valence-electron chi connectivity index (χ1n) is 6.46. The number of benzene rings is 1. The van der Waals surface area contributed by atoms with Crippen molar-refractivity contribution in [2.75, 3.05) is 7.11 Å². The van der Waals surface area contributed by atoms with E-state index in [1.54, 1.807) is 18.2 Å². The summed E-state index contributed by atoms with van der Waals surface area (Å²) in [6.45, 7) is 0. The molecule has 1 atom stereocenters. The van der Waals surface area contributed by atoms with Crippen LogP contribution in [0.4, 0.5) is 8.78 Å². The standard InChI is InChI=1S/C14H16ClF2NO4/c1-22-11-4-2-8(6-9(11)15)3-5-13(19)18-10(14(20)21)7-12(16)17/h2,4,6,10,12H,3,5,7H2,1H3,(H,18,19)(H,20,21). The van der Waals surface area contributed by atoms with Crippen LogP contribution in [0.5, 0.6) is 5.75 Å². The molecule has 0 aliphatic heterocycles. The maximum Gasteiger partial charge on any atom is 0.326 e. The summed E-state index contributed by atoms with van der Waals surface area (Å²) in [6, 6.07) is 3.40. The van der Waals surface area contributed by atoms with Gasteiger partial charge in [-0.3, -0.25) is 4.79 Å². The van der Waals surface area contributed by atoms with Crippen molar-refractivity contribution in [2.24, 2.45) is 0 Å². The minimum Gasteiger partial charge on any atom is -0.495 e. The van der Waals surface area contributed by atoms with E-state index < -0.39 is 30.8 Å². The molecule has 0 spiro atoms. The lowest BCUT2D eigenvalue weighted by Crippen LogP contribution is -2.42. The van der Waals surface area contributed by atoms with Gasteiger partial charge in [0.2, 0.25) is 12.3 Å². The quantitative estimate of drug-likeness (QED) is 0.765. The molecule has 1 aromatic carbocycles. The Hall–Kier alpha value is -1.89. The maximum absolute atomic E-state index is 12.2. The number of ether oxygens (including phenoxy) is 1. The zero-order valence-electron chi connectivity index (χ0n) is 11.8. The molecule has 0 bridgehead atoms. The molecule has 5 nitrogen and oxygen atoms in total. The zero-order chi connectivity index (χ0) is 16.7. The van der Waals surface area contributed by atoms with Crippen molar-refractivity contribution in [3.05, 3.63) is 28.8 Å². The molecule has 8 heteroatoms. The lowest BCUT2D eigenvalue weighted by atomic mass is 10.1. The molecule has 22 heavy (non-hydrogen) atoms. The third-order valence-corrected chi connectivity index (χ3v) is 3.20. The largest absolute Gasteiger partial charge is 0.495 e. The highest BCUT2D eigenvalue weighted by Crippen LogP contribution is 2.25. The van der Waals surface area contributed by atoms with E-state index in [4.69, 9.17) is 21.4 Å². The first kappa shape index (κ1) is 18.2. The Bertz CT molecular complexity index is 540. The van der Waals surface area contributed by atoms with Crippen LogP contribution in [0, 0.1) is 0 Å². The molecule has 0 saturated heterocycles. The number of aliphatic carboxylic acids is 1. The van der Waals surface area contributed by atoms with Crippen molar-refractivity contribution in [1.82, 2.24) is 5.32 Å². The number of methoxy groups -OCH3 is 1. The van der Waals surface area contributed by atoms with E-state index in [1.807, 2.05) is 0 Å². The summed E-state index contributed by atoms with van der Waals surface area (Å²) in [5.74, 6) is -1.60. The fraction of sp³-hybridized carbons (Fsp3) is 0.429. The van der Waals surface area contributed by atoms with E-state index in [0.29, 0.717) is 17.2 Å². The number of halogens is 3. The lowest BCUT2D eigenvalue weighted by molar-refractivity contribution is -0.143. The van der Waals surface area contributed by atoms with Crippen LogP contribution in [0.3, 0.4) is 0 Å². The van der Waals surface area contributed by atoms with Crippen molar-refractivity contribution >= 4 is 23.5 Å². The SMILES string of the molecule is COc1ccc(CCC(=O)NC(CC(F)F)C(=O)O)cc1Cl. The molecule has 2 N–H and O–H groups in total. The van der Waals surface area contributed by atoms with Crippen LogP contribution in [0.2, 0.25) is 5.02 Å². The third kappa shape index (κ3) is 5.85. The number of rotatable bonds is 8. The van der Waals surface area contributed by atoms with Gasteiger partial charge >= 0.3 is 5.97 Å². The number of alkyl halides is 2. The molecule has 0 saturated carbocycles. The topological polar surface area (TPSA) is 75.6 Å². The summed E-state index contributed by atoms with van der Waals surface area (Å²) in [5, 5.41) is 11.2. The second-order valence-corrected chi connectivity index (χ2v) is 4.96. The Morgan fingerprint density at radius 3 is 2.59 bits per heavy atom. The van der Waals surface area contributed by atoms with Crippen molar-refractivity contribution < 1.29 is 28.2 Å². The van der Waals surface area contributed by atoms with E-state index in [-0.39, 0.29) is 6.42 Å². The van der Waals surface area contributed by atoms with E-state index in [0.717, 1.165) is 5.56 Å². The van der Waals surface area contributed by atoms with E-state index in [2.05, 4.69) is 5.32 Å². The van der Waals surface area contributed by atoms with Crippen molar-refractivity contribution in [3.8, 4) is 5.75 Å². The summed E-state index contributed by atoms with van der Waals surface area (Å²) in [7, 11) is 1.48. The number of carboxylic acids is 1. The molecule has 1 rings (SSSR count). The Balaban J connectivity index is 2.54. The summed E-state index contributed by atoms with van der Waals surface area (Å²) < 4.78 is 29.4. The molecule has 1 amide bonds. The second-order valence-electron chi connectivity index (χ2n) is 4.55. The highest BCUT2D eigenvalue weighted by atomic mass is 35.5. The smallest absolute Gasteiger partial charge is 0.326 e. The highest BCUT2D eigenvalue weighted by Gasteiger charge is 2.23. The molecule has 0 aliphatic carbocycles. The van der Waals surface area contributed by atoms with Gasteiger partial charge in [0, 0.05) is 12.8 Å². The average Bonchev–Trinajstić information content (AvgIpc) is 2.44. The minimum atomic E-state index is -2.80. The number of carbonyl (C=O) groups is 2. The monoisotopic (exact) mass is 335 g/mol. The number of amides is 1. The first-order valence-corrected chi connectivity index (χ1v) is 6.84. The van der Waals surface area contributed by atoms with Gasteiger partial charge in [0.05, 0.1) is 12.1 Å². The molecule has 1 aromatic rings. The van der Waals surface area contributed by atoms with Crippen LogP contribution in [0.15, 0.2) is 18.2 Å². The zero-order valence-corrected chi connectivity index (χ0v) is 12.6. The van der Waals surface area contributed by atoms with Crippen LogP contribution in [-0.4, -0.2) is 36.6 Å². The van der Waals surface area contributed by atoms with Crippen molar-refractivity contribution in [3.63, 3.8) is 0 Å². The normalized spacial score (nSPS) is 12.0. The summed E-state index contributed by atoms with van der Waals surface area (Å²) in [6.07, 6.45) is -3.46. The van der Waals surface area contributed by atoms with E-state index >= 15 is 0 Å². The average molecular weight is 336 g/mol. The maximum atomic E-state index is 12.2. The number of aryl methyl sites for hydroxylation is 1.